The van der Waals surface area contributed by atoms with Gasteiger partial charge in [0.25, 0.3) is 5.56 Å². The molecule has 1 aliphatic rings. The van der Waals surface area contributed by atoms with Crippen LogP contribution in [0, 0.1) is 0 Å². The van der Waals surface area contributed by atoms with Crippen molar-refractivity contribution in [1.29, 1.82) is 0 Å². The first-order valence-corrected chi connectivity index (χ1v) is 12.0. The molecule has 1 N–H and O–H groups in total. The van der Waals surface area contributed by atoms with Crippen molar-refractivity contribution < 1.29 is 14.2 Å². The molecular weight excluding hydrogens is 460 g/mol. The van der Waals surface area contributed by atoms with Gasteiger partial charge in [-0.05, 0) is 52.9 Å². The minimum atomic E-state index is -0.139. The molecule has 0 radical (unpaired) electrons. The van der Waals surface area contributed by atoms with Crippen LogP contribution in [0.1, 0.15) is 29.8 Å². The van der Waals surface area contributed by atoms with Crippen LogP contribution >= 0.6 is 0 Å². The number of ether oxygens (including phenoxy) is 3. The molecule has 1 saturated heterocycles. The van der Waals surface area contributed by atoms with Crippen molar-refractivity contribution in [1.82, 2.24) is 30.1 Å². The molecule has 1 aliphatic heterocycles. The van der Waals surface area contributed by atoms with Gasteiger partial charge in [-0.3, -0.25) is 9.69 Å². The Morgan fingerprint density at radius 1 is 1.08 bits per heavy atom. The summed E-state index contributed by atoms with van der Waals surface area (Å²) in [6.07, 6.45) is 2.18. The van der Waals surface area contributed by atoms with Gasteiger partial charge in [0.15, 0.2) is 5.82 Å². The summed E-state index contributed by atoms with van der Waals surface area (Å²) in [5.74, 6) is 2.21. The van der Waals surface area contributed by atoms with Crippen molar-refractivity contribution in [3.8, 4) is 11.5 Å². The highest BCUT2D eigenvalue weighted by Gasteiger charge is 2.21. The standard InChI is InChI=1S/C26H30N6O4/c1-34-21-10-9-18-12-20(26(33)27-23(18)13-21)15-31(14-19-6-3-4-8-24(19)35-2)17-25-28-29-30-32(25)16-22-7-5-11-36-22/h3-4,6,8-10,12-13,22H,5,7,11,14-17H2,1-2H3,(H,27,33)/t22-/m0/s1. The number of fused-ring (bicyclic) bond motifs is 1. The second kappa shape index (κ2) is 10.9. The summed E-state index contributed by atoms with van der Waals surface area (Å²) in [6, 6.07) is 15.5. The maximum absolute atomic E-state index is 13.0. The third kappa shape index (κ3) is 5.39. The Morgan fingerprint density at radius 3 is 2.75 bits per heavy atom. The van der Waals surface area contributed by atoms with E-state index >= 15 is 0 Å². The molecule has 2 aromatic heterocycles. The fourth-order valence-electron chi connectivity index (χ4n) is 4.61. The van der Waals surface area contributed by atoms with E-state index in [2.05, 4.69) is 25.4 Å². The first-order valence-electron chi connectivity index (χ1n) is 12.0. The van der Waals surface area contributed by atoms with Crippen LogP contribution in [0.25, 0.3) is 10.9 Å². The minimum absolute atomic E-state index is 0.121. The zero-order chi connectivity index (χ0) is 24.9. The van der Waals surface area contributed by atoms with Crippen LogP contribution in [-0.4, -0.2) is 57.0 Å². The Labute approximate surface area is 208 Å². The van der Waals surface area contributed by atoms with Crippen molar-refractivity contribution in [2.45, 2.75) is 45.1 Å². The van der Waals surface area contributed by atoms with Crippen LogP contribution < -0.4 is 15.0 Å². The number of benzene rings is 2. The number of methoxy groups -OCH3 is 2. The van der Waals surface area contributed by atoms with Crippen LogP contribution in [0.2, 0.25) is 0 Å². The fourth-order valence-corrected chi connectivity index (χ4v) is 4.61. The molecule has 0 spiro atoms. The maximum atomic E-state index is 13.0. The Balaban J connectivity index is 1.44. The largest absolute Gasteiger partial charge is 0.497 e. The number of H-pyrrole nitrogens is 1. The van der Waals surface area contributed by atoms with E-state index in [4.69, 9.17) is 14.2 Å². The van der Waals surface area contributed by atoms with E-state index in [-0.39, 0.29) is 11.7 Å². The molecule has 4 aromatic rings. The number of pyridine rings is 1. The molecule has 0 unspecified atom stereocenters. The summed E-state index contributed by atoms with van der Waals surface area (Å²) in [4.78, 5) is 18.2. The van der Waals surface area contributed by atoms with Gasteiger partial charge in [-0.2, -0.15) is 0 Å². The monoisotopic (exact) mass is 490 g/mol. The average molecular weight is 491 g/mol. The van der Waals surface area contributed by atoms with Crippen molar-refractivity contribution in [3.63, 3.8) is 0 Å². The van der Waals surface area contributed by atoms with Crippen LogP contribution in [-0.2, 0) is 30.9 Å². The van der Waals surface area contributed by atoms with Gasteiger partial charge in [0, 0.05) is 36.9 Å². The van der Waals surface area contributed by atoms with Crippen LogP contribution in [0.5, 0.6) is 11.5 Å². The number of aromatic nitrogens is 5. The quantitative estimate of drug-likeness (QED) is 0.362. The topological polar surface area (TPSA) is 107 Å². The highest BCUT2D eigenvalue weighted by Crippen LogP contribution is 2.23. The van der Waals surface area contributed by atoms with Gasteiger partial charge >= 0.3 is 0 Å². The lowest BCUT2D eigenvalue weighted by molar-refractivity contribution is 0.0914. The molecule has 0 bridgehead atoms. The number of nitrogens with zero attached hydrogens (tertiary/aromatic N) is 5. The van der Waals surface area contributed by atoms with E-state index in [0.29, 0.717) is 37.5 Å². The van der Waals surface area contributed by atoms with Gasteiger partial charge in [0.1, 0.15) is 11.5 Å². The molecule has 188 valence electrons. The Bertz CT molecular complexity index is 1380. The lowest BCUT2D eigenvalue weighted by atomic mass is 10.1. The van der Waals surface area contributed by atoms with Crippen LogP contribution in [0.4, 0.5) is 0 Å². The van der Waals surface area contributed by atoms with Gasteiger partial charge in [0.2, 0.25) is 0 Å². The van der Waals surface area contributed by atoms with Crippen molar-refractivity contribution >= 4 is 10.9 Å². The Morgan fingerprint density at radius 2 is 1.94 bits per heavy atom. The van der Waals surface area contributed by atoms with E-state index < -0.39 is 0 Å². The van der Waals surface area contributed by atoms with Crippen LogP contribution in [0.3, 0.4) is 0 Å². The van der Waals surface area contributed by atoms with Crippen molar-refractivity contribution in [3.05, 3.63) is 75.8 Å². The van der Waals surface area contributed by atoms with Crippen molar-refractivity contribution in [2.24, 2.45) is 0 Å². The third-order valence-electron chi connectivity index (χ3n) is 6.48. The highest BCUT2D eigenvalue weighted by atomic mass is 16.5. The molecule has 36 heavy (non-hydrogen) atoms. The molecule has 2 aromatic carbocycles. The molecule has 5 rings (SSSR count). The maximum Gasteiger partial charge on any atom is 0.252 e. The highest BCUT2D eigenvalue weighted by molar-refractivity contribution is 5.80. The van der Waals surface area contributed by atoms with Gasteiger partial charge in [-0.15, -0.1) is 5.10 Å². The normalized spacial score (nSPS) is 15.6. The lowest BCUT2D eigenvalue weighted by Crippen LogP contribution is -2.29. The molecular formula is C26H30N6O4. The van der Waals surface area contributed by atoms with E-state index in [1.165, 1.54) is 0 Å². The molecule has 10 nitrogen and oxygen atoms in total. The SMILES string of the molecule is COc1ccc2cc(CN(Cc3ccccc3OC)Cc3nnnn3C[C@@H]3CCCO3)c(=O)[nH]c2c1. The van der Waals surface area contributed by atoms with E-state index in [0.717, 1.165) is 47.5 Å². The zero-order valence-corrected chi connectivity index (χ0v) is 20.5. The summed E-state index contributed by atoms with van der Waals surface area (Å²) in [5.41, 5.74) is 2.26. The first-order chi connectivity index (χ1) is 17.6. The summed E-state index contributed by atoms with van der Waals surface area (Å²) < 4.78 is 18.5. The summed E-state index contributed by atoms with van der Waals surface area (Å²) in [5, 5.41) is 13.3. The van der Waals surface area contributed by atoms with Crippen molar-refractivity contribution in [2.75, 3.05) is 20.8 Å². The molecule has 3 heterocycles. The van der Waals surface area contributed by atoms with Crippen LogP contribution in [0.15, 0.2) is 53.3 Å². The van der Waals surface area contributed by atoms with Gasteiger partial charge in [-0.25, -0.2) is 4.68 Å². The minimum Gasteiger partial charge on any atom is -0.497 e. The molecule has 1 fully saturated rings. The third-order valence-corrected chi connectivity index (χ3v) is 6.48. The molecule has 10 heteroatoms. The molecule has 1 atom stereocenters. The molecule has 0 saturated carbocycles. The second-order valence-corrected chi connectivity index (χ2v) is 8.95. The Kier molecular flexibility index (Phi) is 7.24. The molecule has 0 aliphatic carbocycles. The second-order valence-electron chi connectivity index (χ2n) is 8.95. The number of hydrogen-bond donors (Lipinski definition) is 1. The number of para-hydroxylation sites is 1. The predicted octanol–water partition coefficient (Wildman–Crippen LogP) is 2.91. The lowest BCUT2D eigenvalue weighted by Gasteiger charge is -2.23. The number of tetrazole rings is 1. The zero-order valence-electron chi connectivity index (χ0n) is 20.5. The molecule has 0 amide bonds. The van der Waals surface area contributed by atoms with Gasteiger partial charge in [0.05, 0.1) is 38.9 Å². The smallest absolute Gasteiger partial charge is 0.252 e. The van der Waals surface area contributed by atoms with Gasteiger partial charge in [-0.1, -0.05) is 18.2 Å². The number of rotatable bonds is 10. The average Bonchev–Trinajstić information content (AvgIpc) is 3.57. The first kappa shape index (κ1) is 24.0. The fraction of sp³-hybridized carbons (Fsp3) is 0.385. The van der Waals surface area contributed by atoms with E-state index in [9.17, 15) is 4.79 Å². The van der Waals surface area contributed by atoms with Gasteiger partial charge < -0.3 is 19.2 Å². The summed E-state index contributed by atoms with van der Waals surface area (Å²) >= 11 is 0. The number of aromatic amines is 1. The predicted molar refractivity (Wildman–Crippen MR) is 134 cm³/mol. The number of hydrogen-bond acceptors (Lipinski definition) is 8. The van der Waals surface area contributed by atoms with E-state index in [1.54, 1.807) is 14.2 Å². The van der Waals surface area contributed by atoms with E-state index in [1.807, 2.05) is 53.2 Å². The summed E-state index contributed by atoms with van der Waals surface area (Å²) in [6.45, 7) is 2.80. The Hall–Kier alpha value is -3.76. The number of nitrogens with one attached hydrogen (secondary N) is 1. The summed E-state index contributed by atoms with van der Waals surface area (Å²) in [7, 11) is 3.27.